The van der Waals surface area contributed by atoms with Crippen LogP contribution in [0.3, 0.4) is 0 Å². The number of nitrogens with one attached hydrogen (secondary N) is 2. The van der Waals surface area contributed by atoms with Gasteiger partial charge in [0.2, 0.25) is 17.1 Å². The van der Waals surface area contributed by atoms with E-state index in [0.29, 0.717) is 22.3 Å². The zero-order chi connectivity index (χ0) is 45.0. The summed E-state index contributed by atoms with van der Waals surface area (Å²) in [5.41, 5.74) is -3.81. The molecule has 0 aliphatic rings. The molecule has 3 aromatic heterocycles. The molecule has 0 radical (unpaired) electrons. The van der Waals surface area contributed by atoms with Gasteiger partial charge in [-0.3, -0.25) is 32.6 Å². The Kier molecular flexibility index (Phi) is 9.73. The van der Waals surface area contributed by atoms with Gasteiger partial charge >= 0.3 is 0 Å². The van der Waals surface area contributed by atoms with Gasteiger partial charge in [-0.25, -0.2) is 4.57 Å². The Bertz CT molecular complexity index is 3920. The Labute approximate surface area is 350 Å². The highest BCUT2D eigenvalue weighted by molar-refractivity contribution is 7.86. The number of fused-ring (bicyclic) bond motifs is 2. The van der Waals surface area contributed by atoms with Crippen molar-refractivity contribution < 1.29 is 61.1 Å². The molecule has 318 valence electrons. The van der Waals surface area contributed by atoms with Gasteiger partial charge in [-0.15, -0.1) is 0 Å². The van der Waals surface area contributed by atoms with Gasteiger partial charge in [-0.05, 0) is 96.2 Å². The van der Waals surface area contributed by atoms with Crippen LogP contribution in [-0.2, 0) is 40.5 Å². The van der Waals surface area contributed by atoms with Gasteiger partial charge in [0.1, 0.15) is 15.4 Å². The van der Waals surface area contributed by atoms with E-state index in [4.69, 9.17) is 16.0 Å². The third kappa shape index (κ3) is 7.47. The van der Waals surface area contributed by atoms with E-state index in [-0.39, 0.29) is 38.2 Å². The van der Waals surface area contributed by atoms with E-state index in [2.05, 4.69) is 25.6 Å². The van der Waals surface area contributed by atoms with Crippen LogP contribution >= 0.6 is 11.6 Å². The molecule has 0 bridgehead atoms. The van der Waals surface area contributed by atoms with Gasteiger partial charge in [-0.1, -0.05) is 6.07 Å². The summed E-state index contributed by atoms with van der Waals surface area (Å²) in [5, 5.41) is 2.97. The average Bonchev–Trinajstić information content (AvgIpc) is 3.16. The molecular formula is C35H21ClN6O16S4. The minimum absolute atomic E-state index is 0.0113. The SMILES string of the molecule is Cc1cc(Nc2nc(Cl)nc(C(=O)Nc3ccc(-n4c(=O)c5ccc6c7cc(S(=O)(=O)O)ccc7oc7c(S(=O)(=O)O)cc(c4=O)c5c76)cc3S(=O)(=O)O)n2)cc(S(=O)(=O)O)c1. The quantitative estimate of drug-likeness (QED) is 0.0677. The number of hydrogen-bond donors (Lipinski definition) is 6. The molecule has 0 aliphatic heterocycles. The van der Waals surface area contributed by atoms with E-state index in [9.17, 15) is 66.3 Å². The Morgan fingerprint density at radius 3 is 1.98 bits per heavy atom. The molecule has 0 aliphatic carbocycles. The number of nitrogens with zero attached hydrogens (tertiary/aromatic N) is 4. The first-order valence-electron chi connectivity index (χ1n) is 16.8. The number of carbonyl (C=O) groups excluding carboxylic acids is 1. The lowest BCUT2D eigenvalue weighted by atomic mass is 9.96. The average molecular weight is 945 g/mol. The third-order valence-corrected chi connectivity index (χ3v) is 12.9. The van der Waals surface area contributed by atoms with E-state index in [1.54, 1.807) is 0 Å². The van der Waals surface area contributed by atoms with E-state index < -0.39 is 116 Å². The van der Waals surface area contributed by atoms with Crippen molar-refractivity contribution in [3.05, 3.63) is 110 Å². The number of aryl methyl sites for hydroxylation is 1. The number of benzene rings is 5. The first kappa shape index (κ1) is 42.2. The highest BCUT2D eigenvalue weighted by Crippen LogP contribution is 2.41. The molecule has 3 heterocycles. The largest absolute Gasteiger partial charge is 0.455 e. The molecule has 27 heteroatoms. The summed E-state index contributed by atoms with van der Waals surface area (Å²) in [7, 11) is -19.9. The monoisotopic (exact) mass is 944 g/mol. The smallest absolute Gasteiger partial charge is 0.298 e. The number of rotatable bonds is 9. The molecule has 5 aromatic carbocycles. The fraction of sp³-hybridized carbons (Fsp3) is 0.0286. The molecule has 0 spiro atoms. The number of pyridine rings is 1. The van der Waals surface area contributed by atoms with Crippen LogP contribution in [0.15, 0.2) is 106 Å². The normalized spacial score (nSPS) is 12.7. The lowest BCUT2D eigenvalue weighted by Gasteiger charge is -2.16. The van der Waals surface area contributed by atoms with Crippen molar-refractivity contribution in [2.45, 2.75) is 26.5 Å². The summed E-state index contributed by atoms with van der Waals surface area (Å²) < 4.78 is 144. The molecule has 0 fully saturated rings. The zero-order valence-electron chi connectivity index (χ0n) is 30.4. The molecule has 62 heavy (non-hydrogen) atoms. The molecule has 1 amide bonds. The van der Waals surface area contributed by atoms with Crippen LogP contribution in [0.1, 0.15) is 16.2 Å². The second-order valence-electron chi connectivity index (χ2n) is 13.3. The summed E-state index contributed by atoms with van der Waals surface area (Å²) in [4.78, 5) is 50.1. The van der Waals surface area contributed by atoms with E-state index in [1.165, 1.54) is 31.2 Å². The fourth-order valence-electron chi connectivity index (χ4n) is 6.77. The van der Waals surface area contributed by atoms with Crippen LogP contribution in [0.25, 0.3) is 49.2 Å². The number of aromatic nitrogens is 4. The molecule has 0 atom stereocenters. The first-order chi connectivity index (χ1) is 28.8. The van der Waals surface area contributed by atoms with Crippen LogP contribution in [0.2, 0.25) is 5.28 Å². The number of anilines is 3. The van der Waals surface area contributed by atoms with Crippen LogP contribution in [-0.4, -0.2) is 77.3 Å². The van der Waals surface area contributed by atoms with Crippen LogP contribution in [0, 0.1) is 6.92 Å². The van der Waals surface area contributed by atoms with Gasteiger partial charge < -0.3 is 15.1 Å². The molecule has 0 saturated heterocycles. The van der Waals surface area contributed by atoms with E-state index >= 15 is 0 Å². The van der Waals surface area contributed by atoms with Crippen molar-refractivity contribution in [3.63, 3.8) is 0 Å². The topological polar surface area (TPSA) is 349 Å². The third-order valence-electron chi connectivity index (χ3n) is 9.26. The molecule has 8 rings (SSSR count). The number of hydrogen-bond acceptors (Lipinski definition) is 16. The maximum absolute atomic E-state index is 14.3. The summed E-state index contributed by atoms with van der Waals surface area (Å²) in [6.07, 6.45) is 0. The van der Waals surface area contributed by atoms with Crippen molar-refractivity contribution in [1.29, 1.82) is 0 Å². The van der Waals surface area contributed by atoms with Gasteiger partial charge in [0, 0.05) is 27.2 Å². The van der Waals surface area contributed by atoms with Crippen molar-refractivity contribution in [2.75, 3.05) is 10.6 Å². The molecule has 0 saturated carbocycles. The summed E-state index contributed by atoms with van der Waals surface area (Å²) >= 11 is 6.00. The summed E-state index contributed by atoms with van der Waals surface area (Å²) in [5.74, 6) is -2.40. The van der Waals surface area contributed by atoms with Crippen LogP contribution < -0.4 is 21.8 Å². The Hall–Kier alpha value is -6.49. The van der Waals surface area contributed by atoms with Crippen molar-refractivity contribution in [2.24, 2.45) is 0 Å². The highest BCUT2D eigenvalue weighted by Gasteiger charge is 2.28. The van der Waals surface area contributed by atoms with Crippen molar-refractivity contribution in [1.82, 2.24) is 19.5 Å². The Balaban J connectivity index is 1.25. The van der Waals surface area contributed by atoms with Gasteiger partial charge in [0.25, 0.3) is 57.5 Å². The Morgan fingerprint density at radius 1 is 0.661 bits per heavy atom. The number of carbonyl (C=O) groups is 1. The molecule has 6 N–H and O–H groups in total. The number of amides is 1. The van der Waals surface area contributed by atoms with Gasteiger partial charge in [-0.2, -0.15) is 48.6 Å². The highest BCUT2D eigenvalue weighted by atomic mass is 35.5. The number of halogens is 1. The fourth-order valence-corrected chi connectivity index (χ4v) is 9.36. The molecular weight excluding hydrogens is 924 g/mol. The lowest BCUT2D eigenvalue weighted by Crippen LogP contribution is -2.32. The zero-order valence-corrected chi connectivity index (χ0v) is 34.4. The van der Waals surface area contributed by atoms with Crippen LogP contribution in [0.5, 0.6) is 0 Å². The van der Waals surface area contributed by atoms with Crippen molar-refractivity contribution in [3.8, 4) is 5.69 Å². The maximum atomic E-state index is 14.3. The van der Waals surface area contributed by atoms with Gasteiger partial charge in [0.05, 0.1) is 26.6 Å². The first-order valence-corrected chi connectivity index (χ1v) is 22.9. The maximum Gasteiger partial charge on any atom is 0.298 e. The molecule has 22 nitrogen and oxygen atoms in total. The minimum atomic E-state index is -5.33. The van der Waals surface area contributed by atoms with E-state index in [0.717, 1.165) is 36.4 Å². The standard InChI is InChI=1S/C35H21ClN6O16S4/c1-14-8-15(10-18(9-14)60(49,50)51)37-35-40-30(39-34(36)41-35)31(43)38-23-6-2-16(11-25(23)61(52,53)54)42-32(44)20-5-4-19-21-12-17(59(46,47)48)3-7-24(21)58-29-26(62(55,56)57)13-22(33(42)45)27(20)28(19)29/h2-13H,1H3,(H,38,43)(H,46,47,48)(H,49,50,51)(H,52,53,54)(H,55,56,57)(H,37,39,40,41). The van der Waals surface area contributed by atoms with Crippen molar-refractivity contribution >= 4 is 119 Å². The predicted octanol–water partition coefficient (Wildman–Crippen LogP) is 3.97. The summed E-state index contributed by atoms with van der Waals surface area (Å²) in [6.45, 7) is 1.51. The minimum Gasteiger partial charge on any atom is -0.455 e. The summed E-state index contributed by atoms with van der Waals surface area (Å²) in [6, 6.07) is 12.4. The van der Waals surface area contributed by atoms with Gasteiger partial charge in [0.15, 0.2) is 5.58 Å². The van der Waals surface area contributed by atoms with E-state index in [1.807, 2.05) is 0 Å². The Morgan fingerprint density at radius 2 is 1.32 bits per heavy atom. The second kappa shape index (κ2) is 14.3. The molecule has 0 unspecified atom stereocenters. The predicted molar refractivity (Wildman–Crippen MR) is 218 cm³/mol. The molecule has 8 aromatic rings. The van der Waals surface area contributed by atoms with Crippen LogP contribution in [0.4, 0.5) is 17.3 Å². The second-order valence-corrected chi connectivity index (χ2v) is 19.3. The lowest BCUT2D eigenvalue weighted by molar-refractivity contribution is 0.101.